The monoisotopic (exact) mass is 190 g/mol. The first-order valence-corrected chi connectivity index (χ1v) is 4.52. The molecule has 0 aliphatic heterocycles. The maximum atomic E-state index is 11.1. The van der Waals surface area contributed by atoms with Crippen LogP contribution in [0.1, 0.15) is 17.9 Å². The summed E-state index contributed by atoms with van der Waals surface area (Å²) in [4.78, 5) is 11.1. The zero-order valence-electron chi connectivity index (χ0n) is 8.27. The number of hydrogen-bond donors (Lipinski definition) is 0. The van der Waals surface area contributed by atoms with Gasteiger partial charge in [0.1, 0.15) is 0 Å². The van der Waals surface area contributed by atoms with Crippen molar-refractivity contribution in [2.45, 2.75) is 12.3 Å². The van der Waals surface area contributed by atoms with Crippen LogP contribution < -0.4 is 0 Å². The van der Waals surface area contributed by atoms with Crippen LogP contribution in [0.3, 0.4) is 0 Å². The lowest BCUT2D eigenvalue weighted by molar-refractivity contribution is -0.140. The smallest absolute Gasteiger partial charge is 0.306 e. The van der Waals surface area contributed by atoms with Crippen LogP contribution in [0.15, 0.2) is 43.0 Å². The second kappa shape index (κ2) is 5.22. The predicted octanol–water partition coefficient (Wildman–Crippen LogP) is 2.52. The summed E-state index contributed by atoms with van der Waals surface area (Å²) in [7, 11) is 1.40. The Morgan fingerprint density at radius 2 is 2.14 bits per heavy atom. The second-order valence-electron chi connectivity index (χ2n) is 3.03. The van der Waals surface area contributed by atoms with Crippen LogP contribution in [0.5, 0.6) is 0 Å². The van der Waals surface area contributed by atoms with Crippen LogP contribution >= 0.6 is 0 Å². The fourth-order valence-electron chi connectivity index (χ4n) is 1.30. The number of methoxy groups -OCH3 is 1. The minimum absolute atomic E-state index is 0.0450. The van der Waals surface area contributed by atoms with Crippen molar-refractivity contribution in [3.8, 4) is 0 Å². The van der Waals surface area contributed by atoms with Crippen molar-refractivity contribution < 1.29 is 9.53 Å². The number of carbonyl (C=O) groups excluding carboxylic acids is 1. The molecule has 0 N–H and O–H groups in total. The van der Waals surface area contributed by atoms with E-state index in [0.29, 0.717) is 6.42 Å². The first kappa shape index (κ1) is 10.5. The Morgan fingerprint density at radius 1 is 1.50 bits per heavy atom. The van der Waals surface area contributed by atoms with Gasteiger partial charge in [-0.2, -0.15) is 0 Å². The highest BCUT2D eigenvalue weighted by Crippen LogP contribution is 2.20. The number of benzene rings is 1. The number of hydrogen-bond acceptors (Lipinski definition) is 2. The Labute approximate surface area is 84.2 Å². The molecule has 74 valence electrons. The van der Waals surface area contributed by atoms with Gasteiger partial charge in [-0.3, -0.25) is 4.79 Å². The van der Waals surface area contributed by atoms with Crippen molar-refractivity contribution in [3.63, 3.8) is 0 Å². The standard InChI is InChI=1S/C12H14O2/c1-3-10(9-12(13)14-2)11-7-5-4-6-8-11/h3-8,10H,1,9H2,2H3/t10-/m0/s1. The molecule has 0 radical (unpaired) electrons. The highest BCUT2D eigenvalue weighted by atomic mass is 16.5. The predicted molar refractivity (Wildman–Crippen MR) is 56.0 cm³/mol. The minimum Gasteiger partial charge on any atom is -0.469 e. The van der Waals surface area contributed by atoms with Gasteiger partial charge in [0.2, 0.25) is 0 Å². The molecule has 1 aromatic rings. The molecule has 0 amide bonds. The summed E-state index contributed by atoms with van der Waals surface area (Å²) in [5, 5.41) is 0. The van der Waals surface area contributed by atoms with E-state index >= 15 is 0 Å². The van der Waals surface area contributed by atoms with Crippen LogP contribution in [0.2, 0.25) is 0 Å². The summed E-state index contributed by atoms with van der Waals surface area (Å²) in [5.41, 5.74) is 1.09. The Kier molecular flexibility index (Phi) is 3.92. The lowest BCUT2D eigenvalue weighted by Gasteiger charge is -2.10. The summed E-state index contributed by atoms with van der Waals surface area (Å²) in [6.45, 7) is 3.72. The van der Waals surface area contributed by atoms with Crippen LogP contribution in [-0.2, 0) is 9.53 Å². The summed E-state index contributed by atoms with van der Waals surface area (Å²) >= 11 is 0. The quantitative estimate of drug-likeness (QED) is 0.538. The second-order valence-corrected chi connectivity index (χ2v) is 3.03. The molecule has 0 fully saturated rings. The summed E-state index contributed by atoms with van der Waals surface area (Å²) in [5.74, 6) is -0.164. The minimum atomic E-state index is -0.209. The fourth-order valence-corrected chi connectivity index (χ4v) is 1.30. The summed E-state index contributed by atoms with van der Waals surface area (Å²) < 4.78 is 4.62. The van der Waals surface area contributed by atoms with Gasteiger partial charge < -0.3 is 4.74 Å². The molecule has 1 rings (SSSR count). The number of ether oxygens (including phenoxy) is 1. The lowest BCUT2D eigenvalue weighted by atomic mass is 9.96. The molecule has 14 heavy (non-hydrogen) atoms. The summed E-state index contributed by atoms with van der Waals surface area (Å²) in [6.07, 6.45) is 2.12. The first-order chi connectivity index (χ1) is 6.77. The lowest BCUT2D eigenvalue weighted by Crippen LogP contribution is -2.06. The molecule has 2 heteroatoms. The van der Waals surface area contributed by atoms with Crippen molar-refractivity contribution in [1.29, 1.82) is 0 Å². The Balaban J connectivity index is 2.73. The SMILES string of the molecule is C=C[C@@H](CC(=O)OC)c1ccccc1. The molecule has 0 aliphatic carbocycles. The van der Waals surface area contributed by atoms with Gasteiger partial charge in [0.25, 0.3) is 0 Å². The average molecular weight is 190 g/mol. The van der Waals surface area contributed by atoms with Crippen molar-refractivity contribution in [1.82, 2.24) is 0 Å². The molecular weight excluding hydrogens is 176 g/mol. The van der Waals surface area contributed by atoms with Gasteiger partial charge in [0, 0.05) is 5.92 Å². The fraction of sp³-hybridized carbons (Fsp3) is 0.250. The van der Waals surface area contributed by atoms with E-state index in [9.17, 15) is 4.79 Å². The molecule has 0 heterocycles. The number of esters is 1. The van der Waals surface area contributed by atoms with Crippen molar-refractivity contribution in [3.05, 3.63) is 48.6 Å². The average Bonchev–Trinajstić information content (AvgIpc) is 2.26. The van der Waals surface area contributed by atoms with Crippen molar-refractivity contribution in [2.75, 3.05) is 7.11 Å². The van der Waals surface area contributed by atoms with E-state index in [1.165, 1.54) is 7.11 Å². The molecule has 0 aromatic heterocycles. The third-order valence-electron chi connectivity index (χ3n) is 2.13. The Hall–Kier alpha value is -1.57. The van der Waals surface area contributed by atoms with Crippen LogP contribution in [0.25, 0.3) is 0 Å². The molecule has 0 aliphatic rings. The van der Waals surface area contributed by atoms with Gasteiger partial charge in [-0.1, -0.05) is 36.4 Å². The molecule has 0 spiro atoms. The number of allylic oxidation sites excluding steroid dienone is 1. The zero-order valence-corrected chi connectivity index (χ0v) is 8.27. The number of carbonyl (C=O) groups is 1. The van der Waals surface area contributed by atoms with E-state index in [2.05, 4.69) is 11.3 Å². The van der Waals surface area contributed by atoms with E-state index in [1.807, 2.05) is 30.3 Å². The van der Waals surface area contributed by atoms with Gasteiger partial charge in [-0.25, -0.2) is 0 Å². The largest absolute Gasteiger partial charge is 0.469 e. The van der Waals surface area contributed by atoms with Crippen LogP contribution in [0.4, 0.5) is 0 Å². The van der Waals surface area contributed by atoms with Gasteiger partial charge in [-0.15, -0.1) is 6.58 Å². The van der Waals surface area contributed by atoms with Crippen LogP contribution in [-0.4, -0.2) is 13.1 Å². The molecule has 0 saturated heterocycles. The maximum Gasteiger partial charge on any atom is 0.306 e. The molecular formula is C12H14O2. The van der Waals surface area contributed by atoms with Crippen molar-refractivity contribution in [2.24, 2.45) is 0 Å². The third kappa shape index (κ3) is 2.73. The molecule has 1 aromatic carbocycles. The highest BCUT2D eigenvalue weighted by Gasteiger charge is 2.12. The first-order valence-electron chi connectivity index (χ1n) is 4.52. The van der Waals surface area contributed by atoms with Gasteiger partial charge in [0.05, 0.1) is 13.5 Å². The number of rotatable bonds is 4. The van der Waals surface area contributed by atoms with Gasteiger partial charge >= 0.3 is 5.97 Å². The zero-order chi connectivity index (χ0) is 10.4. The maximum absolute atomic E-state index is 11.1. The van der Waals surface area contributed by atoms with E-state index in [4.69, 9.17) is 0 Å². The van der Waals surface area contributed by atoms with Crippen LogP contribution in [0, 0.1) is 0 Å². The van der Waals surface area contributed by atoms with Gasteiger partial charge in [0.15, 0.2) is 0 Å². The normalized spacial score (nSPS) is 11.8. The van der Waals surface area contributed by atoms with Crippen molar-refractivity contribution >= 4 is 5.97 Å². The van der Waals surface area contributed by atoms with E-state index in [0.717, 1.165) is 5.56 Å². The molecule has 0 unspecified atom stereocenters. The van der Waals surface area contributed by atoms with E-state index < -0.39 is 0 Å². The summed E-state index contributed by atoms with van der Waals surface area (Å²) in [6, 6.07) is 9.80. The topological polar surface area (TPSA) is 26.3 Å². The Morgan fingerprint density at radius 3 is 2.64 bits per heavy atom. The Bertz CT molecular complexity index is 303. The third-order valence-corrected chi connectivity index (χ3v) is 2.13. The molecule has 2 nitrogen and oxygen atoms in total. The highest BCUT2D eigenvalue weighted by molar-refractivity contribution is 5.70. The molecule has 0 bridgehead atoms. The molecule has 0 saturated carbocycles. The van der Waals surface area contributed by atoms with E-state index in [1.54, 1.807) is 6.08 Å². The molecule has 1 atom stereocenters. The van der Waals surface area contributed by atoms with Gasteiger partial charge in [-0.05, 0) is 5.56 Å². The van der Waals surface area contributed by atoms with E-state index in [-0.39, 0.29) is 11.9 Å².